The molecule has 8 nitrogen and oxygen atoms in total. The van der Waals surface area contributed by atoms with Crippen LogP contribution in [0.25, 0.3) is 11.0 Å². The van der Waals surface area contributed by atoms with Gasteiger partial charge in [-0.15, -0.1) is 0 Å². The number of nitrogens with zero attached hydrogens (tertiary/aromatic N) is 3. The molecule has 2 aromatic rings. The van der Waals surface area contributed by atoms with Gasteiger partial charge in [-0.3, -0.25) is 4.79 Å². The molecule has 3 aliphatic rings. The monoisotopic (exact) mass is 399 g/mol. The van der Waals surface area contributed by atoms with Gasteiger partial charge in [0.25, 0.3) is 0 Å². The second kappa shape index (κ2) is 7.57. The summed E-state index contributed by atoms with van der Waals surface area (Å²) in [5.41, 5.74) is 0.890. The molecule has 1 unspecified atom stereocenters. The zero-order valence-corrected chi connectivity index (χ0v) is 16.6. The maximum atomic E-state index is 13.0. The second-order valence-corrected chi connectivity index (χ2v) is 8.82. The molecule has 1 aliphatic carbocycles. The topological polar surface area (TPSA) is 103 Å². The van der Waals surface area contributed by atoms with E-state index < -0.39 is 6.10 Å². The first-order valence-electron chi connectivity index (χ1n) is 10.7. The molecule has 2 aromatic heterocycles. The number of H-pyrrole nitrogens is 1. The van der Waals surface area contributed by atoms with Gasteiger partial charge in [0.05, 0.1) is 11.5 Å². The summed E-state index contributed by atoms with van der Waals surface area (Å²) in [5, 5.41) is 14.5. The van der Waals surface area contributed by atoms with Crippen molar-refractivity contribution in [3.63, 3.8) is 0 Å². The van der Waals surface area contributed by atoms with Crippen molar-refractivity contribution in [1.29, 1.82) is 0 Å². The molecule has 2 atom stereocenters. The standard InChI is InChI=1S/C21H29N5O3/c27-17(14-3-9-29-10-4-14)11-23-20(28)16-2-8-26(12-21(16)5-6-21)19-15-1-7-22-18(15)24-13-25-19/h1,7,13-14,16-17,27H,2-6,8-12H2,(H,23,28)(H,22,24,25)/t16-,17?/m1/s1. The van der Waals surface area contributed by atoms with Gasteiger partial charge >= 0.3 is 0 Å². The minimum absolute atomic E-state index is 0.0178. The first kappa shape index (κ1) is 18.8. The number of aromatic nitrogens is 3. The fourth-order valence-electron chi connectivity index (χ4n) is 5.12. The third-order valence-corrected chi connectivity index (χ3v) is 7.07. The number of amides is 1. The number of anilines is 1. The van der Waals surface area contributed by atoms with Gasteiger partial charge in [0.15, 0.2) is 0 Å². The maximum Gasteiger partial charge on any atom is 0.223 e. The van der Waals surface area contributed by atoms with Crippen LogP contribution in [0.3, 0.4) is 0 Å². The Morgan fingerprint density at radius 3 is 2.97 bits per heavy atom. The Kier molecular flexibility index (Phi) is 4.91. The summed E-state index contributed by atoms with van der Waals surface area (Å²) in [4.78, 5) is 27.2. The minimum atomic E-state index is -0.485. The van der Waals surface area contributed by atoms with Crippen LogP contribution in [0.5, 0.6) is 0 Å². The number of carbonyl (C=O) groups excluding carboxylic acids is 1. The molecule has 3 N–H and O–H groups in total. The van der Waals surface area contributed by atoms with Crippen LogP contribution >= 0.6 is 0 Å². The molecule has 1 amide bonds. The van der Waals surface area contributed by atoms with Crippen LogP contribution in [-0.2, 0) is 9.53 Å². The average molecular weight is 399 g/mol. The van der Waals surface area contributed by atoms with Gasteiger partial charge in [0.1, 0.15) is 17.8 Å². The molecule has 4 heterocycles. The van der Waals surface area contributed by atoms with Gasteiger partial charge in [-0.2, -0.15) is 0 Å². The van der Waals surface area contributed by atoms with E-state index in [0.717, 1.165) is 62.0 Å². The van der Waals surface area contributed by atoms with Gasteiger partial charge in [-0.05, 0) is 49.5 Å². The van der Waals surface area contributed by atoms with E-state index in [9.17, 15) is 9.90 Å². The summed E-state index contributed by atoms with van der Waals surface area (Å²) in [6.45, 7) is 3.41. The second-order valence-electron chi connectivity index (χ2n) is 8.82. The molecule has 1 saturated carbocycles. The van der Waals surface area contributed by atoms with Crippen molar-refractivity contribution in [2.24, 2.45) is 17.3 Å². The number of aromatic amines is 1. The average Bonchev–Trinajstić information content (AvgIpc) is 3.34. The van der Waals surface area contributed by atoms with E-state index in [1.54, 1.807) is 6.33 Å². The Bertz CT molecular complexity index is 874. The molecule has 8 heteroatoms. The number of carbonyl (C=O) groups is 1. The van der Waals surface area contributed by atoms with E-state index in [0.29, 0.717) is 19.8 Å². The summed E-state index contributed by atoms with van der Waals surface area (Å²) in [6.07, 6.45) is 7.70. The Hall–Kier alpha value is -2.19. The normalized spacial score (nSPS) is 25.3. The lowest BCUT2D eigenvalue weighted by molar-refractivity contribution is -0.128. The molecule has 2 aliphatic heterocycles. The maximum absolute atomic E-state index is 13.0. The summed E-state index contributed by atoms with van der Waals surface area (Å²) >= 11 is 0. The number of rotatable bonds is 5. The molecule has 3 fully saturated rings. The van der Waals surface area contributed by atoms with E-state index >= 15 is 0 Å². The van der Waals surface area contributed by atoms with Crippen LogP contribution in [0.2, 0.25) is 0 Å². The summed E-state index contributed by atoms with van der Waals surface area (Å²) < 4.78 is 5.36. The van der Waals surface area contributed by atoms with Gasteiger partial charge in [0, 0.05) is 45.0 Å². The number of nitrogens with one attached hydrogen (secondary N) is 2. The van der Waals surface area contributed by atoms with E-state index in [2.05, 4.69) is 25.2 Å². The van der Waals surface area contributed by atoms with Gasteiger partial charge in [-0.1, -0.05) is 0 Å². The summed E-state index contributed by atoms with van der Waals surface area (Å²) in [6, 6.07) is 2.01. The fraction of sp³-hybridized carbons (Fsp3) is 0.667. The molecular formula is C21H29N5O3. The highest BCUT2D eigenvalue weighted by atomic mass is 16.5. The Morgan fingerprint density at radius 2 is 2.17 bits per heavy atom. The molecule has 2 saturated heterocycles. The zero-order chi connectivity index (χ0) is 19.8. The Morgan fingerprint density at radius 1 is 1.34 bits per heavy atom. The lowest BCUT2D eigenvalue weighted by Gasteiger charge is -2.39. The predicted molar refractivity (Wildman–Crippen MR) is 108 cm³/mol. The van der Waals surface area contributed by atoms with Crippen molar-refractivity contribution in [3.05, 3.63) is 18.6 Å². The van der Waals surface area contributed by atoms with E-state index in [4.69, 9.17) is 4.74 Å². The van der Waals surface area contributed by atoms with Crippen molar-refractivity contribution in [2.75, 3.05) is 37.7 Å². The van der Waals surface area contributed by atoms with Crippen molar-refractivity contribution in [1.82, 2.24) is 20.3 Å². The minimum Gasteiger partial charge on any atom is -0.391 e. The highest BCUT2D eigenvalue weighted by molar-refractivity contribution is 5.87. The molecule has 156 valence electrons. The van der Waals surface area contributed by atoms with E-state index in [1.807, 2.05) is 12.3 Å². The number of piperidine rings is 1. The van der Waals surface area contributed by atoms with Crippen LogP contribution in [0.15, 0.2) is 18.6 Å². The lowest BCUT2D eigenvalue weighted by atomic mass is 9.81. The summed E-state index contributed by atoms with van der Waals surface area (Å²) in [5.74, 6) is 1.30. The largest absolute Gasteiger partial charge is 0.391 e. The number of ether oxygens (including phenoxy) is 1. The highest BCUT2D eigenvalue weighted by Crippen LogP contribution is 2.56. The van der Waals surface area contributed by atoms with Crippen LogP contribution < -0.4 is 10.2 Å². The van der Waals surface area contributed by atoms with Gasteiger partial charge in [-0.25, -0.2) is 9.97 Å². The van der Waals surface area contributed by atoms with E-state index in [1.165, 1.54) is 0 Å². The van der Waals surface area contributed by atoms with Crippen molar-refractivity contribution in [3.8, 4) is 0 Å². The zero-order valence-electron chi connectivity index (χ0n) is 16.6. The summed E-state index contributed by atoms with van der Waals surface area (Å²) in [7, 11) is 0. The molecule has 0 radical (unpaired) electrons. The molecule has 0 bridgehead atoms. The Labute approximate surface area is 170 Å². The molecule has 0 aromatic carbocycles. The SMILES string of the molecule is O=C(NCC(O)C1CCOCC1)[C@H]1CCN(c2ncnc3[nH]ccc23)CC12CC2. The molecular weight excluding hydrogens is 370 g/mol. The molecule has 1 spiro atoms. The van der Waals surface area contributed by atoms with Gasteiger partial charge < -0.3 is 25.0 Å². The van der Waals surface area contributed by atoms with Crippen molar-refractivity contribution in [2.45, 2.75) is 38.2 Å². The number of aliphatic hydroxyl groups excluding tert-OH is 1. The van der Waals surface area contributed by atoms with Crippen LogP contribution in [0.1, 0.15) is 32.1 Å². The van der Waals surface area contributed by atoms with Gasteiger partial charge in [0.2, 0.25) is 5.91 Å². The first-order chi connectivity index (χ1) is 14.2. The third-order valence-electron chi connectivity index (χ3n) is 7.07. The quantitative estimate of drug-likeness (QED) is 0.704. The first-order valence-corrected chi connectivity index (χ1v) is 10.7. The van der Waals surface area contributed by atoms with Crippen LogP contribution in [0, 0.1) is 17.3 Å². The van der Waals surface area contributed by atoms with Crippen LogP contribution in [-0.4, -0.2) is 64.9 Å². The molecule has 5 rings (SSSR count). The van der Waals surface area contributed by atoms with Crippen molar-refractivity contribution < 1.29 is 14.6 Å². The number of fused-ring (bicyclic) bond motifs is 1. The number of hydrogen-bond acceptors (Lipinski definition) is 6. The highest BCUT2D eigenvalue weighted by Gasteiger charge is 2.55. The number of hydrogen-bond donors (Lipinski definition) is 3. The number of aliphatic hydroxyl groups is 1. The Balaban J connectivity index is 1.22. The smallest absolute Gasteiger partial charge is 0.223 e. The van der Waals surface area contributed by atoms with Crippen molar-refractivity contribution >= 4 is 22.8 Å². The van der Waals surface area contributed by atoms with Crippen LogP contribution in [0.4, 0.5) is 5.82 Å². The fourth-order valence-corrected chi connectivity index (χ4v) is 5.12. The van der Waals surface area contributed by atoms with E-state index in [-0.39, 0.29) is 23.2 Å². The molecule has 29 heavy (non-hydrogen) atoms. The predicted octanol–water partition coefficient (Wildman–Crippen LogP) is 1.47. The third kappa shape index (κ3) is 3.59. The lowest BCUT2D eigenvalue weighted by Crippen LogP contribution is -2.49.